The van der Waals surface area contributed by atoms with E-state index in [2.05, 4.69) is 5.32 Å². The number of aryl methyl sites for hydroxylation is 1. The second-order valence-electron chi connectivity index (χ2n) is 7.95. The third kappa shape index (κ3) is 5.26. The number of amides is 1. The van der Waals surface area contributed by atoms with Crippen molar-refractivity contribution in [1.82, 2.24) is 9.21 Å². The van der Waals surface area contributed by atoms with Crippen LogP contribution in [0.4, 0.5) is 5.69 Å². The largest absolute Gasteiger partial charge is 0.376 e. The van der Waals surface area contributed by atoms with E-state index in [0.717, 1.165) is 50.8 Å². The van der Waals surface area contributed by atoms with Gasteiger partial charge < -0.3 is 10.2 Å². The molecule has 1 amide bonds. The maximum absolute atomic E-state index is 13.0. The van der Waals surface area contributed by atoms with Gasteiger partial charge in [0.1, 0.15) is 0 Å². The molecule has 0 radical (unpaired) electrons. The van der Waals surface area contributed by atoms with Gasteiger partial charge in [0.15, 0.2) is 0 Å². The number of anilines is 1. The Morgan fingerprint density at radius 1 is 0.929 bits per heavy atom. The monoisotopic (exact) mass is 407 g/mol. The Hall–Kier alpha value is -1.60. The summed E-state index contributed by atoms with van der Waals surface area (Å²) >= 11 is 0. The summed E-state index contributed by atoms with van der Waals surface area (Å²) in [6, 6.07) is 5.35. The molecule has 0 spiro atoms. The van der Waals surface area contributed by atoms with E-state index < -0.39 is 10.0 Å². The van der Waals surface area contributed by atoms with Gasteiger partial charge in [0.25, 0.3) is 0 Å². The number of benzene rings is 1. The number of carbonyl (C=O) groups excluding carboxylic acids is 1. The quantitative estimate of drug-likeness (QED) is 0.812. The SMILES string of the molecule is Cc1ccc(NCC(=O)N2CCCCCCC2)cc1S(=O)(=O)N1CCCCC1. The third-order valence-electron chi connectivity index (χ3n) is 5.77. The Morgan fingerprint density at radius 2 is 1.50 bits per heavy atom. The van der Waals surface area contributed by atoms with Crippen LogP contribution in [0.5, 0.6) is 0 Å². The van der Waals surface area contributed by atoms with E-state index in [1.807, 2.05) is 24.0 Å². The van der Waals surface area contributed by atoms with Gasteiger partial charge in [-0.1, -0.05) is 31.7 Å². The lowest BCUT2D eigenvalue weighted by Crippen LogP contribution is -2.37. The molecule has 7 heteroatoms. The summed E-state index contributed by atoms with van der Waals surface area (Å²) in [5, 5.41) is 3.15. The van der Waals surface area contributed by atoms with E-state index in [9.17, 15) is 13.2 Å². The maximum atomic E-state index is 13.0. The Kier molecular flexibility index (Phi) is 7.35. The zero-order valence-electron chi connectivity index (χ0n) is 17.0. The summed E-state index contributed by atoms with van der Waals surface area (Å²) in [6.07, 6.45) is 8.69. The van der Waals surface area contributed by atoms with Crippen LogP contribution in [0.1, 0.15) is 56.9 Å². The third-order valence-corrected chi connectivity index (χ3v) is 7.81. The van der Waals surface area contributed by atoms with Gasteiger partial charge in [0.2, 0.25) is 15.9 Å². The van der Waals surface area contributed by atoms with Crippen molar-refractivity contribution in [3.8, 4) is 0 Å². The lowest BCUT2D eigenvalue weighted by molar-refractivity contribution is -0.129. The van der Waals surface area contributed by atoms with E-state index >= 15 is 0 Å². The highest BCUT2D eigenvalue weighted by Crippen LogP contribution is 2.26. The highest BCUT2D eigenvalue weighted by molar-refractivity contribution is 7.89. The first kappa shape index (κ1) is 21.1. The van der Waals surface area contributed by atoms with Crippen LogP contribution < -0.4 is 5.32 Å². The van der Waals surface area contributed by atoms with Crippen LogP contribution in [0.15, 0.2) is 23.1 Å². The molecule has 2 aliphatic heterocycles. The number of carbonyl (C=O) groups is 1. The minimum Gasteiger partial charge on any atom is -0.376 e. The predicted octanol–water partition coefficient (Wildman–Crippen LogP) is 3.37. The zero-order valence-corrected chi connectivity index (χ0v) is 17.8. The molecule has 3 rings (SSSR count). The normalized spacial score (nSPS) is 19.7. The smallest absolute Gasteiger partial charge is 0.243 e. The number of hydrogen-bond acceptors (Lipinski definition) is 4. The van der Waals surface area contributed by atoms with Crippen molar-refractivity contribution in [2.24, 2.45) is 0 Å². The van der Waals surface area contributed by atoms with E-state index in [1.165, 1.54) is 19.3 Å². The molecular weight excluding hydrogens is 374 g/mol. The van der Waals surface area contributed by atoms with Crippen molar-refractivity contribution >= 4 is 21.6 Å². The molecule has 2 saturated heterocycles. The number of sulfonamides is 1. The van der Waals surface area contributed by atoms with Crippen LogP contribution >= 0.6 is 0 Å². The molecule has 6 nitrogen and oxygen atoms in total. The van der Waals surface area contributed by atoms with Crippen LogP contribution in [0.3, 0.4) is 0 Å². The number of hydrogen-bond donors (Lipinski definition) is 1. The fourth-order valence-electron chi connectivity index (χ4n) is 4.02. The average Bonchev–Trinajstić information content (AvgIpc) is 2.67. The number of rotatable bonds is 5. The van der Waals surface area contributed by atoms with E-state index in [0.29, 0.717) is 23.7 Å². The Labute approximate surface area is 169 Å². The molecule has 0 aliphatic carbocycles. The summed E-state index contributed by atoms with van der Waals surface area (Å²) in [4.78, 5) is 14.9. The summed E-state index contributed by atoms with van der Waals surface area (Å²) in [7, 11) is -3.49. The van der Waals surface area contributed by atoms with Crippen LogP contribution in [-0.2, 0) is 14.8 Å². The van der Waals surface area contributed by atoms with Gasteiger partial charge in [-0.25, -0.2) is 8.42 Å². The molecule has 1 N–H and O–H groups in total. The molecule has 0 bridgehead atoms. The molecule has 1 aromatic carbocycles. The van der Waals surface area contributed by atoms with Crippen molar-refractivity contribution in [3.63, 3.8) is 0 Å². The van der Waals surface area contributed by atoms with Crippen LogP contribution in [0.25, 0.3) is 0 Å². The lowest BCUT2D eigenvalue weighted by Gasteiger charge is -2.27. The Balaban J connectivity index is 1.66. The highest BCUT2D eigenvalue weighted by atomic mass is 32.2. The predicted molar refractivity (Wildman–Crippen MR) is 112 cm³/mol. The summed E-state index contributed by atoms with van der Waals surface area (Å²) in [5.41, 5.74) is 1.42. The van der Waals surface area contributed by atoms with Crippen molar-refractivity contribution in [1.29, 1.82) is 0 Å². The highest BCUT2D eigenvalue weighted by Gasteiger charge is 2.27. The molecule has 2 heterocycles. The zero-order chi connectivity index (χ0) is 20.0. The molecule has 2 aliphatic rings. The number of likely N-dealkylation sites (tertiary alicyclic amines) is 1. The molecular formula is C21H33N3O3S. The molecule has 2 fully saturated rings. The summed E-state index contributed by atoms with van der Waals surface area (Å²) in [5.74, 6) is 0.0860. The maximum Gasteiger partial charge on any atom is 0.243 e. The molecule has 0 atom stereocenters. The molecule has 0 unspecified atom stereocenters. The minimum atomic E-state index is -3.49. The first-order valence-electron chi connectivity index (χ1n) is 10.6. The summed E-state index contributed by atoms with van der Waals surface area (Å²) in [6.45, 7) is 4.85. The second-order valence-corrected chi connectivity index (χ2v) is 9.85. The van der Waals surface area contributed by atoms with Crippen molar-refractivity contribution in [2.75, 3.05) is 38.0 Å². The van der Waals surface area contributed by atoms with E-state index in [4.69, 9.17) is 0 Å². The first-order valence-corrected chi connectivity index (χ1v) is 12.0. The number of nitrogens with one attached hydrogen (secondary N) is 1. The van der Waals surface area contributed by atoms with Gasteiger partial charge in [0, 0.05) is 31.9 Å². The Morgan fingerprint density at radius 3 is 2.18 bits per heavy atom. The van der Waals surface area contributed by atoms with Gasteiger partial charge in [-0.2, -0.15) is 4.31 Å². The fourth-order valence-corrected chi connectivity index (χ4v) is 5.79. The second kappa shape index (κ2) is 9.74. The number of piperidine rings is 1. The van der Waals surface area contributed by atoms with Gasteiger partial charge >= 0.3 is 0 Å². The molecule has 0 aromatic heterocycles. The standard InChI is InChI=1S/C21H33N3O3S/c1-18-10-11-19(16-20(18)28(26,27)24-14-8-5-9-15-24)22-17-21(25)23-12-6-3-2-4-7-13-23/h10-11,16,22H,2-9,12-15,17H2,1H3. The fraction of sp³-hybridized carbons (Fsp3) is 0.667. The van der Waals surface area contributed by atoms with Gasteiger partial charge in [-0.05, 0) is 50.3 Å². The minimum absolute atomic E-state index is 0.0860. The molecule has 0 saturated carbocycles. The molecule has 1 aromatic rings. The van der Waals surface area contributed by atoms with E-state index in [1.54, 1.807) is 10.4 Å². The van der Waals surface area contributed by atoms with E-state index in [-0.39, 0.29) is 12.5 Å². The van der Waals surface area contributed by atoms with Crippen LogP contribution in [0.2, 0.25) is 0 Å². The summed E-state index contributed by atoms with van der Waals surface area (Å²) < 4.78 is 27.7. The van der Waals surface area contributed by atoms with Gasteiger partial charge in [-0.3, -0.25) is 4.79 Å². The van der Waals surface area contributed by atoms with Crippen molar-refractivity contribution in [3.05, 3.63) is 23.8 Å². The van der Waals surface area contributed by atoms with Crippen molar-refractivity contribution in [2.45, 2.75) is 63.2 Å². The topological polar surface area (TPSA) is 69.7 Å². The molecule has 156 valence electrons. The molecule has 28 heavy (non-hydrogen) atoms. The van der Waals surface area contributed by atoms with Crippen molar-refractivity contribution < 1.29 is 13.2 Å². The average molecular weight is 408 g/mol. The van der Waals surface area contributed by atoms with Crippen LogP contribution in [-0.4, -0.2) is 56.3 Å². The Bertz CT molecular complexity index is 765. The number of nitrogens with zero attached hydrogens (tertiary/aromatic N) is 2. The van der Waals surface area contributed by atoms with Crippen LogP contribution in [0, 0.1) is 6.92 Å². The lowest BCUT2D eigenvalue weighted by atomic mass is 10.1. The first-order chi connectivity index (χ1) is 13.5. The van der Waals surface area contributed by atoms with Gasteiger partial charge in [0.05, 0.1) is 11.4 Å². The van der Waals surface area contributed by atoms with Gasteiger partial charge in [-0.15, -0.1) is 0 Å².